The number of amides is 1. The van der Waals surface area contributed by atoms with Gasteiger partial charge in [-0.2, -0.15) is 0 Å². The van der Waals surface area contributed by atoms with E-state index in [0.29, 0.717) is 24.3 Å². The van der Waals surface area contributed by atoms with E-state index in [1.54, 1.807) is 6.08 Å². The number of aldehydes is 1. The second-order valence-electron chi connectivity index (χ2n) is 5.03. The monoisotopic (exact) mass is 257 g/mol. The van der Waals surface area contributed by atoms with E-state index in [1.165, 1.54) is 12.8 Å². The number of allylic oxidation sites excluding steroid dienone is 1. The van der Waals surface area contributed by atoms with Gasteiger partial charge in [0.15, 0.2) is 6.29 Å². The van der Waals surface area contributed by atoms with Crippen molar-refractivity contribution in [3.63, 3.8) is 0 Å². The standard InChI is InChI=1S/C16H19NO2/c18-12-15(10-13-6-2-1-3-7-13)17-16(19)11-14-8-4-5-9-14/h1-3,6-7,10,12,14H,4-5,8-9,11H2,(H,17,19). The van der Waals surface area contributed by atoms with Crippen molar-refractivity contribution in [3.05, 3.63) is 41.6 Å². The molecule has 0 heterocycles. The second kappa shape index (κ2) is 6.88. The summed E-state index contributed by atoms with van der Waals surface area (Å²) >= 11 is 0. The van der Waals surface area contributed by atoms with E-state index >= 15 is 0 Å². The summed E-state index contributed by atoms with van der Waals surface area (Å²) in [6, 6.07) is 9.50. The quantitative estimate of drug-likeness (QED) is 0.651. The molecule has 1 aliphatic carbocycles. The van der Waals surface area contributed by atoms with Crippen LogP contribution in [0.3, 0.4) is 0 Å². The molecule has 1 saturated carbocycles. The van der Waals surface area contributed by atoms with Crippen LogP contribution in [0.1, 0.15) is 37.7 Å². The number of hydrogen-bond acceptors (Lipinski definition) is 2. The van der Waals surface area contributed by atoms with Crippen molar-refractivity contribution in [2.24, 2.45) is 5.92 Å². The maximum Gasteiger partial charge on any atom is 0.224 e. The minimum atomic E-state index is -0.0545. The first kappa shape index (κ1) is 13.5. The molecule has 2 rings (SSSR count). The van der Waals surface area contributed by atoms with Gasteiger partial charge in [-0.25, -0.2) is 0 Å². The van der Waals surface area contributed by atoms with E-state index in [0.717, 1.165) is 18.4 Å². The molecule has 1 aliphatic rings. The Bertz CT molecular complexity index is 459. The van der Waals surface area contributed by atoms with Crippen LogP contribution in [-0.4, -0.2) is 12.2 Å². The summed E-state index contributed by atoms with van der Waals surface area (Å²) in [4.78, 5) is 22.8. The van der Waals surface area contributed by atoms with Gasteiger partial charge in [0.2, 0.25) is 5.91 Å². The van der Waals surface area contributed by atoms with Crippen LogP contribution in [0.2, 0.25) is 0 Å². The van der Waals surface area contributed by atoms with Crippen LogP contribution in [0.25, 0.3) is 6.08 Å². The molecule has 0 atom stereocenters. The summed E-state index contributed by atoms with van der Waals surface area (Å²) in [5.74, 6) is 0.436. The third-order valence-electron chi connectivity index (χ3n) is 3.48. The maximum atomic E-state index is 11.8. The van der Waals surface area contributed by atoms with Gasteiger partial charge in [-0.1, -0.05) is 43.2 Å². The van der Waals surface area contributed by atoms with Crippen LogP contribution in [0.15, 0.2) is 36.0 Å². The van der Waals surface area contributed by atoms with Crippen LogP contribution in [0.4, 0.5) is 0 Å². The largest absolute Gasteiger partial charge is 0.323 e. The van der Waals surface area contributed by atoms with Crippen LogP contribution in [-0.2, 0) is 9.59 Å². The van der Waals surface area contributed by atoms with Crippen molar-refractivity contribution in [1.29, 1.82) is 0 Å². The lowest BCUT2D eigenvalue weighted by atomic mass is 10.0. The summed E-state index contributed by atoms with van der Waals surface area (Å²) in [5, 5.41) is 2.70. The lowest BCUT2D eigenvalue weighted by molar-refractivity contribution is -0.122. The molecule has 1 amide bonds. The third-order valence-corrected chi connectivity index (χ3v) is 3.48. The van der Waals surface area contributed by atoms with Gasteiger partial charge < -0.3 is 5.32 Å². The summed E-state index contributed by atoms with van der Waals surface area (Å²) in [6.07, 6.45) is 7.62. The van der Waals surface area contributed by atoms with Crippen LogP contribution in [0, 0.1) is 5.92 Å². The fourth-order valence-electron chi connectivity index (χ4n) is 2.52. The SMILES string of the molecule is O=CC(=Cc1ccccc1)NC(=O)CC1CCCC1. The number of hydrogen-bond donors (Lipinski definition) is 1. The highest BCUT2D eigenvalue weighted by Gasteiger charge is 2.18. The predicted octanol–water partition coefficient (Wildman–Crippen LogP) is 2.92. The number of rotatable bonds is 5. The van der Waals surface area contributed by atoms with Gasteiger partial charge in [-0.05, 0) is 30.4 Å². The van der Waals surface area contributed by atoms with Gasteiger partial charge >= 0.3 is 0 Å². The second-order valence-corrected chi connectivity index (χ2v) is 5.03. The molecule has 19 heavy (non-hydrogen) atoms. The molecule has 0 aliphatic heterocycles. The number of carbonyl (C=O) groups excluding carboxylic acids is 2. The van der Waals surface area contributed by atoms with Crippen LogP contribution >= 0.6 is 0 Å². The van der Waals surface area contributed by atoms with Crippen molar-refractivity contribution in [2.75, 3.05) is 0 Å². The average Bonchev–Trinajstić information content (AvgIpc) is 2.92. The van der Waals surface area contributed by atoms with Gasteiger partial charge in [-0.15, -0.1) is 0 Å². The van der Waals surface area contributed by atoms with Gasteiger partial charge in [0.25, 0.3) is 0 Å². The molecular weight excluding hydrogens is 238 g/mol. The molecule has 1 fully saturated rings. The minimum Gasteiger partial charge on any atom is -0.323 e. The third kappa shape index (κ3) is 4.36. The smallest absolute Gasteiger partial charge is 0.224 e. The zero-order chi connectivity index (χ0) is 13.5. The summed E-state index contributed by atoms with van der Waals surface area (Å²) < 4.78 is 0. The zero-order valence-electron chi connectivity index (χ0n) is 11.0. The molecule has 0 unspecified atom stereocenters. The molecule has 3 heteroatoms. The number of nitrogens with one attached hydrogen (secondary N) is 1. The molecule has 0 radical (unpaired) electrons. The molecule has 0 spiro atoms. The van der Waals surface area contributed by atoms with E-state index in [2.05, 4.69) is 5.32 Å². The lowest BCUT2D eigenvalue weighted by Crippen LogP contribution is -2.25. The minimum absolute atomic E-state index is 0.0545. The van der Waals surface area contributed by atoms with E-state index in [4.69, 9.17) is 0 Å². The molecule has 3 nitrogen and oxygen atoms in total. The maximum absolute atomic E-state index is 11.8. The topological polar surface area (TPSA) is 46.2 Å². The Morgan fingerprint density at radius 2 is 1.89 bits per heavy atom. The average molecular weight is 257 g/mol. The molecule has 0 bridgehead atoms. The zero-order valence-corrected chi connectivity index (χ0v) is 11.0. The van der Waals surface area contributed by atoms with E-state index in [1.807, 2.05) is 30.3 Å². The Labute approximate surface area is 113 Å². The van der Waals surface area contributed by atoms with Crippen molar-refractivity contribution in [1.82, 2.24) is 5.32 Å². The van der Waals surface area contributed by atoms with Crippen molar-refractivity contribution < 1.29 is 9.59 Å². The fourth-order valence-corrected chi connectivity index (χ4v) is 2.52. The Balaban J connectivity index is 1.93. The molecule has 1 aromatic rings. The Hall–Kier alpha value is -1.90. The normalized spacial score (nSPS) is 16.3. The van der Waals surface area contributed by atoms with Gasteiger partial charge in [-0.3, -0.25) is 9.59 Å². The lowest BCUT2D eigenvalue weighted by Gasteiger charge is -2.09. The van der Waals surface area contributed by atoms with Crippen molar-refractivity contribution in [3.8, 4) is 0 Å². The highest BCUT2D eigenvalue weighted by Crippen LogP contribution is 2.27. The summed E-state index contributed by atoms with van der Waals surface area (Å²) in [7, 11) is 0. The molecule has 0 saturated heterocycles. The van der Waals surface area contributed by atoms with E-state index in [9.17, 15) is 9.59 Å². The van der Waals surface area contributed by atoms with Crippen LogP contribution in [0.5, 0.6) is 0 Å². The van der Waals surface area contributed by atoms with Gasteiger partial charge in [0.05, 0.1) is 5.70 Å². The molecule has 100 valence electrons. The van der Waals surface area contributed by atoms with Crippen molar-refractivity contribution in [2.45, 2.75) is 32.1 Å². The molecule has 0 aromatic heterocycles. The first-order valence-electron chi connectivity index (χ1n) is 6.79. The van der Waals surface area contributed by atoms with Gasteiger partial charge in [0, 0.05) is 6.42 Å². The highest BCUT2D eigenvalue weighted by molar-refractivity contribution is 5.90. The van der Waals surface area contributed by atoms with Crippen molar-refractivity contribution >= 4 is 18.3 Å². The Morgan fingerprint density at radius 1 is 1.21 bits per heavy atom. The molecule has 1 aromatic carbocycles. The first-order valence-corrected chi connectivity index (χ1v) is 6.79. The summed E-state index contributed by atoms with van der Waals surface area (Å²) in [6.45, 7) is 0. The molecule has 1 N–H and O–H groups in total. The predicted molar refractivity (Wildman–Crippen MR) is 75.2 cm³/mol. The Kier molecular flexibility index (Phi) is 4.90. The number of benzene rings is 1. The van der Waals surface area contributed by atoms with E-state index in [-0.39, 0.29) is 5.91 Å². The number of carbonyl (C=O) groups is 2. The summed E-state index contributed by atoms with van der Waals surface area (Å²) in [5.41, 5.74) is 1.24. The van der Waals surface area contributed by atoms with Crippen LogP contribution < -0.4 is 5.32 Å². The molecular formula is C16H19NO2. The first-order chi connectivity index (χ1) is 9.28. The highest BCUT2D eigenvalue weighted by atomic mass is 16.2. The van der Waals surface area contributed by atoms with E-state index < -0.39 is 0 Å². The Morgan fingerprint density at radius 3 is 2.53 bits per heavy atom. The fraction of sp³-hybridized carbons (Fsp3) is 0.375. The van der Waals surface area contributed by atoms with Gasteiger partial charge in [0.1, 0.15) is 0 Å².